The fourth-order valence-corrected chi connectivity index (χ4v) is 5.34. The Balaban J connectivity index is 1.30. The third-order valence-electron chi connectivity index (χ3n) is 7.93. The third-order valence-corrected chi connectivity index (χ3v) is 7.93. The summed E-state index contributed by atoms with van der Waals surface area (Å²) >= 11 is 0. The fraction of sp³-hybridized carbons (Fsp3) is 0.385. The van der Waals surface area contributed by atoms with Gasteiger partial charge in [-0.25, -0.2) is 4.39 Å². The zero-order valence-electron chi connectivity index (χ0n) is 24.6. The standard InChI is InChI=1S/C39H45F/c1-3-5-7-9-11-13-35-25-29-38-37(30-35)28-27-36(39(38)40)26-24-34-22-20-33(21-23-34)19-18-32-16-14-31(15-17-32)12-10-8-6-4-2/h14-17,20-23,25,27-30H,3-13,18-19H2,1-2H3. The highest BCUT2D eigenvalue weighted by atomic mass is 19.1. The van der Waals surface area contributed by atoms with Crippen molar-refractivity contribution in [3.63, 3.8) is 0 Å². The largest absolute Gasteiger partial charge is 0.205 e. The lowest BCUT2D eigenvalue weighted by atomic mass is 9.99. The van der Waals surface area contributed by atoms with Gasteiger partial charge in [-0.1, -0.05) is 131 Å². The molecule has 0 saturated carbocycles. The van der Waals surface area contributed by atoms with E-state index in [4.69, 9.17) is 0 Å². The van der Waals surface area contributed by atoms with Gasteiger partial charge >= 0.3 is 0 Å². The van der Waals surface area contributed by atoms with Crippen LogP contribution in [0.15, 0.2) is 78.9 Å². The number of hydrogen-bond donors (Lipinski definition) is 0. The van der Waals surface area contributed by atoms with E-state index in [1.807, 2.05) is 30.3 Å². The second kappa shape index (κ2) is 16.0. The SMILES string of the molecule is CCCCCCCc1ccc2c(F)c(C#Cc3ccc(CCc4ccc(CCCCCC)cc4)cc3)ccc2c1. The van der Waals surface area contributed by atoms with Crippen LogP contribution >= 0.6 is 0 Å². The Morgan fingerprint density at radius 2 is 1.02 bits per heavy atom. The topological polar surface area (TPSA) is 0 Å². The first-order valence-electron chi connectivity index (χ1n) is 15.6. The number of benzene rings is 4. The summed E-state index contributed by atoms with van der Waals surface area (Å²) in [7, 11) is 0. The molecule has 0 N–H and O–H groups in total. The lowest BCUT2D eigenvalue weighted by Crippen LogP contribution is -1.93. The quantitative estimate of drug-likeness (QED) is 0.112. The molecule has 0 aliphatic rings. The van der Waals surface area contributed by atoms with Crippen LogP contribution in [0.3, 0.4) is 0 Å². The number of halogens is 1. The highest BCUT2D eigenvalue weighted by Crippen LogP contribution is 2.23. The maximum atomic E-state index is 15.2. The van der Waals surface area contributed by atoms with E-state index in [1.54, 1.807) is 0 Å². The Labute approximate surface area is 242 Å². The number of hydrogen-bond acceptors (Lipinski definition) is 0. The normalized spacial score (nSPS) is 11.0. The van der Waals surface area contributed by atoms with E-state index < -0.39 is 0 Å². The van der Waals surface area contributed by atoms with Gasteiger partial charge in [-0.2, -0.15) is 0 Å². The molecule has 0 radical (unpaired) electrons. The molecule has 0 heterocycles. The molecule has 0 aliphatic carbocycles. The smallest absolute Gasteiger partial charge is 0.146 e. The molecular weight excluding hydrogens is 487 g/mol. The average Bonchev–Trinajstić information content (AvgIpc) is 2.99. The maximum absolute atomic E-state index is 15.2. The molecule has 0 bridgehead atoms. The highest BCUT2D eigenvalue weighted by molar-refractivity contribution is 5.85. The van der Waals surface area contributed by atoms with E-state index >= 15 is 4.39 Å². The number of rotatable bonds is 14. The van der Waals surface area contributed by atoms with Gasteiger partial charge in [-0.05, 0) is 84.4 Å². The Bertz CT molecular complexity index is 1380. The van der Waals surface area contributed by atoms with Crippen LogP contribution in [0.5, 0.6) is 0 Å². The Hall–Kier alpha value is -3.37. The Kier molecular flexibility index (Phi) is 11.9. The van der Waals surface area contributed by atoms with Crippen LogP contribution in [0.25, 0.3) is 10.8 Å². The fourth-order valence-electron chi connectivity index (χ4n) is 5.34. The van der Waals surface area contributed by atoms with Crippen molar-refractivity contribution in [1.82, 2.24) is 0 Å². The van der Waals surface area contributed by atoms with Crippen LogP contribution in [0.4, 0.5) is 4.39 Å². The monoisotopic (exact) mass is 532 g/mol. The summed E-state index contributed by atoms with van der Waals surface area (Å²) in [5, 5.41) is 1.61. The van der Waals surface area contributed by atoms with Gasteiger partial charge in [0.15, 0.2) is 0 Å². The third kappa shape index (κ3) is 9.09. The predicted molar refractivity (Wildman–Crippen MR) is 170 cm³/mol. The van der Waals surface area contributed by atoms with Gasteiger partial charge < -0.3 is 0 Å². The zero-order chi connectivity index (χ0) is 28.0. The van der Waals surface area contributed by atoms with Crippen LogP contribution in [0.1, 0.15) is 105 Å². The second-order valence-electron chi connectivity index (χ2n) is 11.2. The summed E-state index contributed by atoms with van der Waals surface area (Å²) in [4.78, 5) is 0. The molecule has 0 saturated heterocycles. The molecule has 4 aromatic rings. The van der Waals surface area contributed by atoms with E-state index in [-0.39, 0.29) is 5.82 Å². The molecule has 0 unspecified atom stereocenters. The molecule has 0 fully saturated rings. The van der Waals surface area contributed by atoms with E-state index in [0.717, 1.165) is 30.2 Å². The minimum Gasteiger partial charge on any atom is -0.205 e. The number of unbranched alkanes of at least 4 members (excludes halogenated alkanes) is 7. The van der Waals surface area contributed by atoms with E-state index in [1.165, 1.54) is 86.5 Å². The molecule has 0 amide bonds. The van der Waals surface area contributed by atoms with Gasteiger partial charge in [0.05, 0.1) is 5.56 Å². The van der Waals surface area contributed by atoms with E-state index in [0.29, 0.717) is 10.9 Å². The summed E-state index contributed by atoms with van der Waals surface area (Å²) in [6, 6.07) is 27.5. The van der Waals surface area contributed by atoms with Gasteiger partial charge in [-0.3, -0.25) is 0 Å². The molecule has 0 nitrogen and oxygen atoms in total. The molecule has 40 heavy (non-hydrogen) atoms. The van der Waals surface area contributed by atoms with E-state index in [2.05, 4.69) is 74.2 Å². The summed E-state index contributed by atoms with van der Waals surface area (Å²) in [6.07, 6.45) is 15.9. The van der Waals surface area contributed by atoms with Gasteiger partial charge in [0, 0.05) is 10.9 Å². The Morgan fingerprint density at radius 3 is 1.68 bits per heavy atom. The van der Waals surface area contributed by atoms with Gasteiger partial charge in [0.1, 0.15) is 5.82 Å². The predicted octanol–water partition coefficient (Wildman–Crippen LogP) is 10.8. The number of fused-ring (bicyclic) bond motifs is 1. The molecular formula is C39H45F. The summed E-state index contributed by atoms with van der Waals surface area (Å²) < 4.78 is 15.2. The highest BCUT2D eigenvalue weighted by Gasteiger charge is 2.07. The molecule has 0 atom stereocenters. The van der Waals surface area contributed by atoms with Crippen molar-refractivity contribution in [2.75, 3.05) is 0 Å². The van der Waals surface area contributed by atoms with Gasteiger partial charge in [0.25, 0.3) is 0 Å². The molecule has 4 aromatic carbocycles. The average molecular weight is 533 g/mol. The van der Waals surface area contributed by atoms with Gasteiger partial charge in [0.2, 0.25) is 0 Å². The Morgan fingerprint density at radius 1 is 0.500 bits per heavy atom. The van der Waals surface area contributed by atoms with Crippen molar-refractivity contribution in [2.24, 2.45) is 0 Å². The van der Waals surface area contributed by atoms with E-state index in [9.17, 15) is 0 Å². The first-order chi connectivity index (χ1) is 19.7. The first kappa shape index (κ1) is 29.6. The molecule has 1 heteroatoms. The van der Waals surface area contributed by atoms with Crippen molar-refractivity contribution in [1.29, 1.82) is 0 Å². The second-order valence-corrected chi connectivity index (χ2v) is 11.2. The van der Waals surface area contributed by atoms with Crippen molar-refractivity contribution in [3.05, 3.63) is 118 Å². The van der Waals surface area contributed by atoms with Crippen LogP contribution in [0, 0.1) is 17.7 Å². The minimum absolute atomic E-state index is 0.219. The van der Waals surface area contributed by atoms with Crippen LogP contribution in [-0.4, -0.2) is 0 Å². The van der Waals surface area contributed by atoms with Crippen molar-refractivity contribution in [2.45, 2.75) is 97.3 Å². The summed E-state index contributed by atoms with van der Waals surface area (Å²) in [5.41, 5.74) is 6.78. The summed E-state index contributed by atoms with van der Waals surface area (Å²) in [5.74, 6) is 6.01. The first-order valence-corrected chi connectivity index (χ1v) is 15.6. The maximum Gasteiger partial charge on any atom is 0.146 e. The van der Waals surface area contributed by atoms with Crippen molar-refractivity contribution < 1.29 is 4.39 Å². The van der Waals surface area contributed by atoms with Crippen molar-refractivity contribution >= 4 is 10.8 Å². The van der Waals surface area contributed by atoms with Gasteiger partial charge in [-0.15, -0.1) is 0 Å². The van der Waals surface area contributed by atoms with Crippen LogP contribution < -0.4 is 0 Å². The van der Waals surface area contributed by atoms with Crippen LogP contribution in [-0.2, 0) is 25.7 Å². The lowest BCUT2D eigenvalue weighted by Gasteiger charge is -2.06. The van der Waals surface area contributed by atoms with Crippen LogP contribution in [0.2, 0.25) is 0 Å². The zero-order valence-corrected chi connectivity index (χ0v) is 24.6. The lowest BCUT2D eigenvalue weighted by molar-refractivity contribution is 0.631. The molecule has 208 valence electrons. The molecule has 0 aromatic heterocycles. The molecule has 0 aliphatic heterocycles. The van der Waals surface area contributed by atoms with Crippen molar-refractivity contribution in [3.8, 4) is 11.8 Å². The molecule has 4 rings (SSSR count). The minimum atomic E-state index is -0.219. The molecule has 0 spiro atoms. The number of aryl methyl sites for hydroxylation is 4. The summed E-state index contributed by atoms with van der Waals surface area (Å²) in [6.45, 7) is 4.50.